The van der Waals surface area contributed by atoms with Crippen LogP contribution in [0.3, 0.4) is 0 Å². The molecule has 2 fully saturated rings. The van der Waals surface area contributed by atoms with Gasteiger partial charge in [0.2, 0.25) is 0 Å². The lowest BCUT2D eigenvalue weighted by molar-refractivity contribution is -0.0468. The molecule has 1 saturated heterocycles. The summed E-state index contributed by atoms with van der Waals surface area (Å²) in [7, 11) is 0. The van der Waals surface area contributed by atoms with Crippen LogP contribution in [0.15, 0.2) is 31.2 Å². The van der Waals surface area contributed by atoms with E-state index in [0.29, 0.717) is 28.6 Å². The van der Waals surface area contributed by atoms with Crippen molar-refractivity contribution in [2.75, 3.05) is 26.4 Å². The van der Waals surface area contributed by atoms with E-state index >= 15 is 4.39 Å². The molecule has 1 unspecified atom stereocenters. The Bertz CT molecular complexity index is 1740. The Morgan fingerprint density at radius 3 is 2.61 bits per heavy atom. The number of imidazole rings is 1. The second-order valence-electron chi connectivity index (χ2n) is 10.3. The van der Waals surface area contributed by atoms with E-state index in [1.165, 1.54) is 17.2 Å². The number of ether oxygens (including phenoxy) is 1. The van der Waals surface area contributed by atoms with E-state index in [2.05, 4.69) is 24.9 Å². The van der Waals surface area contributed by atoms with E-state index in [1.807, 2.05) is 10.6 Å². The van der Waals surface area contributed by atoms with Gasteiger partial charge in [-0.2, -0.15) is 5.26 Å². The van der Waals surface area contributed by atoms with Crippen molar-refractivity contribution in [1.29, 1.82) is 5.26 Å². The van der Waals surface area contributed by atoms with Crippen LogP contribution in [0.25, 0.3) is 22.2 Å². The van der Waals surface area contributed by atoms with Gasteiger partial charge in [-0.1, -0.05) is 23.2 Å². The van der Waals surface area contributed by atoms with E-state index in [1.54, 1.807) is 18.6 Å². The van der Waals surface area contributed by atoms with Gasteiger partial charge in [-0.15, -0.1) is 0 Å². The number of hydrogen-bond donors (Lipinski definition) is 2. The average Bonchev–Trinajstić information content (AvgIpc) is 3.70. The fraction of sp³-hybridized carbons (Fsp3) is 0.520. The number of aromatic nitrogens is 7. The highest BCUT2D eigenvalue weighted by molar-refractivity contribution is 8.07. The van der Waals surface area contributed by atoms with Crippen LogP contribution in [0.1, 0.15) is 25.1 Å². The summed E-state index contributed by atoms with van der Waals surface area (Å²) in [6.45, 7) is -4.50. The third-order valence-corrected chi connectivity index (χ3v) is 10.8. The smallest absolute Gasteiger partial charge is 0.327 e. The third-order valence-electron chi connectivity index (χ3n) is 7.87. The Morgan fingerprint density at radius 1 is 1.09 bits per heavy atom. The lowest BCUT2D eigenvalue weighted by Crippen LogP contribution is -2.43. The van der Waals surface area contributed by atoms with Crippen LogP contribution in [-0.4, -0.2) is 89.1 Å². The normalized spacial score (nSPS) is 28.2. The monoisotopic (exact) mass is 686 g/mol. The second-order valence-corrected chi connectivity index (χ2v) is 13.9. The van der Waals surface area contributed by atoms with E-state index in [9.17, 15) is 10.2 Å². The van der Waals surface area contributed by atoms with E-state index in [-0.39, 0.29) is 54.4 Å². The Hall–Kier alpha value is -2.42. The fourth-order valence-corrected chi connectivity index (χ4v) is 8.11. The van der Waals surface area contributed by atoms with Crippen molar-refractivity contribution < 1.29 is 32.9 Å². The van der Waals surface area contributed by atoms with Gasteiger partial charge in [0.05, 0.1) is 44.0 Å². The first kappa shape index (κ1) is 31.6. The molecule has 1 aliphatic heterocycles. The highest BCUT2D eigenvalue weighted by Crippen LogP contribution is 2.56. The largest absolute Gasteiger partial charge is 0.396 e. The highest BCUT2D eigenvalue weighted by atomic mass is 35.5. The molecular weight excluding hydrogens is 661 g/mol. The summed E-state index contributed by atoms with van der Waals surface area (Å²) >= 11 is 18.0. The van der Waals surface area contributed by atoms with Crippen LogP contribution in [0.4, 0.5) is 4.39 Å². The molecule has 8 atom stereocenters. The zero-order chi connectivity index (χ0) is 31.0. The number of rotatable bonds is 12. The third kappa shape index (κ3) is 5.82. The highest BCUT2D eigenvalue weighted by Gasteiger charge is 2.50. The molecule has 2 N–H and O–H groups in total. The van der Waals surface area contributed by atoms with Gasteiger partial charge in [-0.25, -0.2) is 29.3 Å². The summed E-state index contributed by atoms with van der Waals surface area (Å²) in [6, 6.07) is 3.45. The Morgan fingerprint density at radius 2 is 1.86 bits per heavy atom. The Labute approximate surface area is 264 Å². The summed E-state index contributed by atoms with van der Waals surface area (Å²) in [5, 5.41) is 30.2. The van der Waals surface area contributed by atoms with Crippen LogP contribution in [0.2, 0.25) is 10.3 Å². The second kappa shape index (κ2) is 13.1. The SMILES string of the molecule is N#CCCOP(=S)(OC[C@H]1C[C@@H](n2cnc3c(Cl)ncnc32)[C@@H]1CO)O[C@H]1[C@H](F)[C@H](n2ccc3c(Cl)ncnc32)O[C@@H]1CO. The van der Waals surface area contributed by atoms with Gasteiger partial charge >= 0.3 is 6.72 Å². The molecule has 0 amide bonds. The quantitative estimate of drug-likeness (QED) is 0.126. The number of nitrogens with zero attached hydrogens (tertiary/aromatic N) is 8. The van der Waals surface area contributed by atoms with Gasteiger partial charge in [-0.05, 0) is 30.2 Å². The molecular formula is C25H26Cl2FN8O6PS. The van der Waals surface area contributed by atoms with Crippen molar-refractivity contribution in [3.63, 3.8) is 0 Å². The van der Waals surface area contributed by atoms with Gasteiger partial charge in [0.1, 0.15) is 41.2 Å². The van der Waals surface area contributed by atoms with Gasteiger partial charge in [0.25, 0.3) is 0 Å². The van der Waals surface area contributed by atoms with E-state index in [0.717, 1.165) is 0 Å². The molecule has 4 aromatic heterocycles. The molecule has 44 heavy (non-hydrogen) atoms. The molecule has 0 radical (unpaired) electrons. The maximum absolute atomic E-state index is 16.0. The number of alkyl halides is 1. The van der Waals surface area contributed by atoms with Crippen molar-refractivity contribution in [2.24, 2.45) is 11.8 Å². The summed E-state index contributed by atoms with van der Waals surface area (Å²) < 4.78 is 43.0. The van der Waals surface area contributed by atoms with Crippen LogP contribution in [-0.2, 0) is 30.1 Å². The maximum atomic E-state index is 16.0. The molecule has 0 aromatic carbocycles. The maximum Gasteiger partial charge on any atom is 0.327 e. The summed E-state index contributed by atoms with van der Waals surface area (Å²) in [5.41, 5.74) is 1.34. The topological polar surface area (TPSA) is 175 Å². The molecule has 4 aromatic rings. The number of fused-ring (bicyclic) bond motifs is 2. The molecule has 2 aliphatic rings. The van der Waals surface area contributed by atoms with Gasteiger partial charge in [0, 0.05) is 24.8 Å². The average molecular weight is 687 g/mol. The zero-order valence-corrected chi connectivity index (χ0v) is 26.0. The molecule has 0 bridgehead atoms. The summed E-state index contributed by atoms with van der Waals surface area (Å²) in [6.07, 6.45) is 0.816. The fourth-order valence-electron chi connectivity index (χ4n) is 5.60. The molecule has 1 aliphatic carbocycles. The Balaban J connectivity index is 1.17. The van der Waals surface area contributed by atoms with Gasteiger partial charge < -0.3 is 33.1 Å². The van der Waals surface area contributed by atoms with E-state index < -0.39 is 37.9 Å². The zero-order valence-electron chi connectivity index (χ0n) is 22.8. The molecule has 234 valence electrons. The molecule has 5 heterocycles. The van der Waals surface area contributed by atoms with Crippen LogP contribution in [0.5, 0.6) is 0 Å². The van der Waals surface area contributed by atoms with Crippen molar-refractivity contribution in [3.8, 4) is 6.07 Å². The molecule has 14 nitrogen and oxygen atoms in total. The number of aliphatic hydroxyl groups excluding tert-OH is 2. The number of halogens is 3. The summed E-state index contributed by atoms with van der Waals surface area (Å²) in [4.78, 5) is 20.7. The number of nitriles is 1. The summed E-state index contributed by atoms with van der Waals surface area (Å²) in [5.74, 6) is -0.416. The van der Waals surface area contributed by atoms with E-state index in [4.69, 9.17) is 58.6 Å². The molecule has 0 spiro atoms. The minimum absolute atomic E-state index is 0.00388. The van der Waals surface area contributed by atoms with Crippen molar-refractivity contribution >= 4 is 63.9 Å². The van der Waals surface area contributed by atoms with Crippen molar-refractivity contribution in [3.05, 3.63) is 41.6 Å². The van der Waals surface area contributed by atoms with Crippen LogP contribution in [0, 0.1) is 23.2 Å². The predicted molar refractivity (Wildman–Crippen MR) is 158 cm³/mol. The minimum Gasteiger partial charge on any atom is -0.396 e. The number of hydrogen-bond acceptors (Lipinski definition) is 13. The van der Waals surface area contributed by atoms with Gasteiger partial charge in [0.15, 0.2) is 23.2 Å². The first-order valence-corrected chi connectivity index (χ1v) is 16.9. The van der Waals surface area contributed by atoms with Crippen LogP contribution >= 0.6 is 29.9 Å². The molecule has 6 rings (SSSR count). The minimum atomic E-state index is -3.68. The Kier molecular flexibility index (Phi) is 9.42. The first-order valence-electron chi connectivity index (χ1n) is 13.5. The molecule has 1 saturated carbocycles. The van der Waals surface area contributed by atoms with Crippen molar-refractivity contribution in [1.82, 2.24) is 34.1 Å². The van der Waals surface area contributed by atoms with Gasteiger partial charge in [-0.3, -0.25) is 4.52 Å². The lowest BCUT2D eigenvalue weighted by Gasteiger charge is -2.44. The number of aliphatic hydroxyl groups is 2. The van der Waals surface area contributed by atoms with Crippen LogP contribution < -0.4 is 0 Å². The standard InChI is InChI=1S/C25H26Cl2FN8O6PS/c26-21-14-2-4-35(23(14)32-10-30-21)25-18(28)20(17(8-38)41-25)42-43(44,39-5-1-3-29)40-9-13-6-16(15(13)7-37)36-12-34-19-22(27)31-11-33-24(19)36/h2,4,10-13,15-18,20,25,37-38H,1,5-9H2/t13-,15-,16-,17-,18+,20-,25-,43?/m1/s1. The lowest BCUT2D eigenvalue weighted by atomic mass is 9.70. The first-order chi connectivity index (χ1) is 21.3. The molecule has 19 heteroatoms. The predicted octanol–water partition coefficient (Wildman–Crippen LogP) is 3.53. The van der Waals surface area contributed by atoms with Crippen molar-refractivity contribution in [2.45, 2.75) is 43.5 Å².